The van der Waals surface area contributed by atoms with Crippen molar-refractivity contribution in [2.75, 3.05) is 31.6 Å². The number of para-hydroxylation sites is 1. The molecule has 1 saturated heterocycles. The highest BCUT2D eigenvalue weighted by molar-refractivity contribution is 6.03. The first kappa shape index (κ1) is 25.8. The molecule has 5 rings (SSSR count). The van der Waals surface area contributed by atoms with E-state index in [2.05, 4.69) is 22.1 Å². The predicted molar refractivity (Wildman–Crippen MR) is 141 cm³/mol. The van der Waals surface area contributed by atoms with Gasteiger partial charge < -0.3 is 29.7 Å². The Labute approximate surface area is 225 Å². The van der Waals surface area contributed by atoms with Gasteiger partial charge in [-0.1, -0.05) is 30.0 Å². The number of carbonyl (C=O) groups excluding carboxylic acids is 3. The molecule has 39 heavy (non-hydrogen) atoms. The lowest BCUT2D eigenvalue weighted by atomic mass is 9.94. The molecule has 198 valence electrons. The van der Waals surface area contributed by atoms with Gasteiger partial charge in [-0.3, -0.25) is 19.4 Å². The number of nitrogens with one attached hydrogen (secondary N) is 1. The lowest BCUT2D eigenvalue weighted by Crippen LogP contribution is -2.62. The highest BCUT2D eigenvalue weighted by Gasteiger charge is 2.41. The monoisotopic (exact) mass is 526 g/mol. The number of likely N-dealkylation sites (N-methyl/N-ethyl adjacent to an activating group) is 1. The fraction of sp³-hybridized carbons (Fsp3) is 0.241. The summed E-state index contributed by atoms with van der Waals surface area (Å²) in [6, 6.07) is 16.4. The molecule has 2 aliphatic rings. The van der Waals surface area contributed by atoms with Crippen molar-refractivity contribution in [3.05, 3.63) is 78.1 Å². The number of likely N-dealkylation sites (tertiary alicyclic amines) is 1. The Balaban J connectivity index is 1.27. The summed E-state index contributed by atoms with van der Waals surface area (Å²) in [6.45, 7) is 1.67. The maximum atomic E-state index is 13.2. The van der Waals surface area contributed by atoms with E-state index in [4.69, 9.17) is 9.47 Å². The summed E-state index contributed by atoms with van der Waals surface area (Å²) < 4.78 is 11.6. The van der Waals surface area contributed by atoms with Crippen LogP contribution < -0.4 is 19.7 Å². The quantitative estimate of drug-likeness (QED) is 0.499. The van der Waals surface area contributed by atoms with Crippen molar-refractivity contribution in [1.82, 2.24) is 15.2 Å². The number of ether oxygens (including phenoxy) is 2. The largest absolute Gasteiger partial charge is 0.489 e. The third-order valence-corrected chi connectivity index (χ3v) is 6.39. The van der Waals surface area contributed by atoms with Crippen LogP contribution in [0.4, 0.5) is 5.69 Å². The molecule has 2 aliphatic heterocycles. The molecule has 0 saturated carbocycles. The molecule has 1 atom stereocenters. The maximum Gasteiger partial charge on any atom is 0.270 e. The van der Waals surface area contributed by atoms with Gasteiger partial charge in [0.25, 0.3) is 11.8 Å². The van der Waals surface area contributed by atoms with Crippen LogP contribution in [0, 0.1) is 11.8 Å². The molecule has 3 amide bonds. The summed E-state index contributed by atoms with van der Waals surface area (Å²) in [6.07, 6.45) is 1.46. The van der Waals surface area contributed by atoms with Crippen LogP contribution in [-0.4, -0.2) is 71.1 Å². The molecule has 1 fully saturated rings. The third-order valence-electron chi connectivity index (χ3n) is 6.39. The molecule has 0 radical (unpaired) electrons. The van der Waals surface area contributed by atoms with Gasteiger partial charge in [-0.15, -0.1) is 0 Å². The number of nitrogens with zero attached hydrogens (tertiary/aromatic N) is 3. The van der Waals surface area contributed by atoms with Crippen LogP contribution in [0.15, 0.2) is 66.9 Å². The predicted octanol–water partition coefficient (Wildman–Crippen LogP) is 1.97. The van der Waals surface area contributed by atoms with E-state index in [0.717, 1.165) is 0 Å². The summed E-state index contributed by atoms with van der Waals surface area (Å²) in [4.78, 5) is 44.6. The Hall–Kier alpha value is -4.88. The van der Waals surface area contributed by atoms with E-state index in [0.29, 0.717) is 28.5 Å². The summed E-state index contributed by atoms with van der Waals surface area (Å²) in [7, 11) is 1.59. The van der Waals surface area contributed by atoms with Gasteiger partial charge in [0.05, 0.1) is 18.8 Å². The van der Waals surface area contributed by atoms with Crippen molar-refractivity contribution in [2.45, 2.75) is 18.6 Å². The van der Waals surface area contributed by atoms with Gasteiger partial charge in [-0.2, -0.15) is 0 Å². The van der Waals surface area contributed by atoms with Crippen LogP contribution in [0.3, 0.4) is 0 Å². The van der Waals surface area contributed by atoms with Crippen LogP contribution in [0.1, 0.15) is 23.0 Å². The summed E-state index contributed by atoms with van der Waals surface area (Å²) in [5.74, 6) is 6.19. The molecule has 10 heteroatoms. The van der Waals surface area contributed by atoms with Crippen LogP contribution in [-0.2, 0) is 9.59 Å². The van der Waals surface area contributed by atoms with Crippen LogP contribution >= 0.6 is 0 Å². The molecule has 1 aromatic heterocycles. The number of carbonyl (C=O) groups is 3. The van der Waals surface area contributed by atoms with E-state index in [-0.39, 0.29) is 37.2 Å². The third kappa shape index (κ3) is 5.68. The van der Waals surface area contributed by atoms with E-state index in [1.165, 1.54) is 29.0 Å². The molecule has 3 aromatic rings. The smallest absolute Gasteiger partial charge is 0.270 e. The molecule has 10 nitrogen and oxygen atoms in total. The van der Waals surface area contributed by atoms with Crippen molar-refractivity contribution < 1.29 is 29.0 Å². The van der Waals surface area contributed by atoms with Gasteiger partial charge in [-0.25, -0.2) is 0 Å². The highest BCUT2D eigenvalue weighted by Crippen LogP contribution is 2.32. The topological polar surface area (TPSA) is 121 Å². The first-order valence-electron chi connectivity index (χ1n) is 12.3. The standard InChI is InChI=1S/C29H26N4O6/c1-19(34)33-17-29(37,18-33)12-10-20-8-9-26-25(14-20)32(2)28(36)24(16-38-26)31-27(35)23-15-22(11-13-30-23)39-21-6-4-3-5-7-21/h3-9,11,13-15,24,37H,16-18H2,1-2H3,(H,31,35). The average Bonchev–Trinajstić information content (AvgIpc) is 3.03. The number of benzene rings is 2. The Morgan fingerprint density at radius 3 is 2.64 bits per heavy atom. The van der Waals surface area contributed by atoms with Gasteiger partial charge in [0.2, 0.25) is 5.91 Å². The number of aliphatic hydroxyl groups is 1. The number of anilines is 1. The van der Waals surface area contributed by atoms with Crippen LogP contribution in [0.5, 0.6) is 17.2 Å². The Morgan fingerprint density at radius 2 is 1.90 bits per heavy atom. The lowest BCUT2D eigenvalue weighted by Gasteiger charge is -2.42. The normalized spacial score (nSPS) is 17.4. The first-order valence-corrected chi connectivity index (χ1v) is 12.3. The molecule has 0 spiro atoms. The van der Waals surface area contributed by atoms with Gasteiger partial charge >= 0.3 is 0 Å². The Kier molecular flexibility index (Phi) is 6.92. The second-order valence-corrected chi connectivity index (χ2v) is 9.37. The van der Waals surface area contributed by atoms with Gasteiger partial charge in [-0.05, 0) is 36.4 Å². The molecule has 1 unspecified atom stereocenters. The second-order valence-electron chi connectivity index (χ2n) is 9.37. The fourth-order valence-electron chi connectivity index (χ4n) is 4.21. The maximum absolute atomic E-state index is 13.2. The highest BCUT2D eigenvalue weighted by atomic mass is 16.5. The Morgan fingerprint density at radius 1 is 1.13 bits per heavy atom. The summed E-state index contributed by atoms with van der Waals surface area (Å²) >= 11 is 0. The minimum absolute atomic E-state index is 0.0756. The average molecular weight is 527 g/mol. The van der Waals surface area contributed by atoms with E-state index in [9.17, 15) is 19.5 Å². The number of pyridine rings is 1. The zero-order chi connectivity index (χ0) is 27.6. The molecular weight excluding hydrogens is 500 g/mol. The first-order chi connectivity index (χ1) is 18.7. The van der Waals surface area contributed by atoms with Crippen molar-refractivity contribution >= 4 is 23.4 Å². The summed E-state index contributed by atoms with van der Waals surface area (Å²) in [5.41, 5.74) is -0.126. The number of hydrogen-bond donors (Lipinski definition) is 2. The van der Waals surface area contributed by atoms with E-state index in [1.807, 2.05) is 18.2 Å². The van der Waals surface area contributed by atoms with Crippen LogP contribution in [0.25, 0.3) is 0 Å². The minimum Gasteiger partial charge on any atom is -0.489 e. The molecule has 2 aromatic carbocycles. The summed E-state index contributed by atoms with van der Waals surface area (Å²) in [5, 5.41) is 13.2. The molecule has 0 aliphatic carbocycles. The Bertz CT molecular complexity index is 1490. The SMILES string of the molecule is CC(=O)N1CC(O)(C#Cc2ccc3c(c2)N(C)C(=O)C(NC(=O)c2cc(Oc4ccccc4)ccn2)CO3)C1. The zero-order valence-electron chi connectivity index (χ0n) is 21.4. The number of fused-ring (bicyclic) bond motifs is 1. The van der Waals surface area contributed by atoms with Gasteiger partial charge in [0, 0.05) is 31.8 Å². The molecule has 0 bridgehead atoms. The van der Waals surface area contributed by atoms with Gasteiger partial charge in [0.15, 0.2) is 5.60 Å². The van der Waals surface area contributed by atoms with Crippen molar-refractivity contribution in [1.29, 1.82) is 0 Å². The molecule has 2 N–H and O–H groups in total. The molecular formula is C29H26N4O6. The van der Waals surface area contributed by atoms with E-state index >= 15 is 0 Å². The number of hydrogen-bond acceptors (Lipinski definition) is 7. The van der Waals surface area contributed by atoms with Crippen LogP contribution in [0.2, 0.25) is 0 Å². The molecule has 3 heterocycles. The number of rotatable bonds is 4. The number of amides is 3. The van der Waals surface area contributed by atoms with Gasteiger partial charge in [0.1, 0.15) is 35.6 Å². The van der Waals surface area contributed by atoms with Crippen molar-refractivity contribution in [3.8, 4) is 29.1 Å². The van der Waals surface area contributed by atoms with E-state index in [1.54, 1.807) is 43.4 Å². The number of aromatic nitrogens is 1. The van der Waals surface area contributed by atoms with Crippen molar-refractivity contribution in [2.24, 2.45) is 0 Å². The number of β-amino-alcohol motifs (C(OH)–C–C–N with tert-alkyl or cyclic N) is 1. The second kappa shape index (κ2) is 10.5. The van der Waals surface area contributed by atoms with Crippen molar-refractivity contribution in [3.63, 3.8) is 0 Å². The van der Waals surface area contributed by atoms with E-state index < -0.39 is 17.6 Å². The lowest BCUT2D eigenvalue weighted by molar-refractivity contribution is -0.144. The zero-order valence-corrected chi connectivity index (χ0v) is 21.4. The minimum atomic E-state index is -1.26. The fourth-order valence-corrected chi connectivity index (χ4v) is 4.21.